The zero-order chi connectivity index (χ0) is 65.4. The average molecular weight is 1290 g/mol. The Hall–Kier alpha value is -1.73. The van der Waals surface area contributed by atoms with Crippen molar-refractivity contribution >= 4 is 5.91 Å². The van der Waals surface area contributed by atoms with Crippen LogP contribution in [0.3, 0.4) is 0 Å². The van der Waals surface area contributed by atoms with Gasteiger partial charge >= 0.3 is 0 Å². The summed E-state index contributed by atoms with van der Waals surface area (Å²) in [7, 11) is 0. The fourth-order valence-electron chi connectivity index (χ4n) is 12.5. The molecule has 0 aromatic rings. The molecule has 0 spiro atoms. The van der Waals surface area contributed by atoms with E-state index in [1.165, 1.54) is 212 Å². The van der Waals surface area contributed by atoms with Gasteiger partial charge in [0.25, 0.3) is 0 Å². The van der Waals surface area contributed by atoms with E-state index in [1.54, 1.807) is 6.08 Å². The van der Waals surface area contributed by atoms with Crippen LogP contribution < -0.4 is 5.32 Å². The van der Waals surface area contributed by atoms with Crippen LogP contribution in [-0.4, -0.2) is 193 Å². The van der Waals surface area contributed by atoms with E-state index in [2.05, 4.69) is 31.3 Å². The molecular formula is C71H133NO18. The van der Waals surface area contributed by atoms with Crippen molar-refractivity contribution in [2.45, 2.75) is 394 Å². The van der Waals surface area contributed by atoms with Crippen LogP contribution in [0.15, 0.2) is 24.3 Å². The topological polar surface area (TPSA) is 307 Å². The van der Waals surface area contributed by atoms with E-state index in [1.807, 2.05) is 6.08 Å². The van der Waals surface area contributed by atoms with Gasteiger partial charge in [0.2, 0.25) is 5.91 Å². The van der Waals surface area contributed by atoms with E-state index in [9.17, 15) is 61.0 Å². The number of hydrogen-bond donors (Lipinski definition) is 12. The molecule has 17 unspecified atom stereocenters. The number of ether oxygens (including phenoxy) is 6. The normalized spacial score (nSPS) is 28.1. The van der Waals surface area contributed by atoms with Crippen LogP contribution in [0.4, 0.5) is 0 Å². The van der Waals surface area contributed by atoms with E-state index in [0.717, 1.165) is 51.4 Å². The van der Waals surface area contributed by atoms with Crippen molar-refractivity contribution in [1.29, 1.82) is 0 Å². The lowest BCUT2D eigenvalue weighted by Crippen LogP contribution is -2.66. The zero-order valence-corrected chi connectivity index (χ0v) is 56.1. The first-order valence-electron chi connectivity index (χ1n) is 36.6. The molecule has 0 aromatic carbocycles. The Morgan fingerprint density at radius 3 is 1.09 bits per heavy atom. The highest BCUT2D eigenvalue weighted by Crippen LogP contribution is 2.33. The van der Waals surface area contributed by atoms with Gasteiger partial charge < -0.3 is 89.9 Å². The minimum Gasteiger partial charge on any atom is -0.394 e. The van der Waals surface area contributed by atoms with Crippen LogP contribution in [0, 0.1) is 0 Å². The summed E-state index contributed by atoms with van der Waals surface area (Å²) >= 11 is 0. The van der Waals surface area contributed by atoms with Crippen molar-refractivity contribution in [2.75, 3.05) is 26.4 Å². The zero-order valence-electron chi connectivity index (χ0n) is 56.1. The van der Waals surface area contributed by atoms with Gasteiger partial charge in [0.15, 0.2) is 18.9 Å². The van der Waals surface area contributed by atoms with E-state index in [4.69, 9.17) is 28.4 Å². The van der Waals surface area contributed by atoms with Crippen molar-refractivity contribution in [1.82, 2.24) is 5.32 Å². The molecule has 3 aliphatic heterocycles. The number of carbonyl (C=O) groups excluding carboxylic acids is 1. The first-order chi connectivity index (χ1) is 43.8. The van der Waals surface area contributed by atoms with E-state index >= 15 is 0 Å². The Labute approximate surface area is 543 Å². The second kappa shape index (κ2) is 53.4. The second-order valence-corrected chi connectivity index (χ2v) is 26.4. The van der Waals surface area contributed by atoms with Crippen molar-refractivity contribution in [3.63, 3.8) is 0 Å². The highest BCUT2D eigenvalue weighted by molar-refractivity contribution is 5.76. The summed E-state index contributed by atoms with van der Waals surface area (Å²) in [6, 6.07) is -0.966. The van der Waals surface area contributed by atoms with Crippen molar-refractivity contribution in [3.8, 4) is 0 Å². The van der Waals surface area contributed by atoms with Gasteiger partial charge in [-0.25, -0.2) is 0 Å². The molecule has 0 aliphatic carbocycles. The van der Waals surface area contributed by atoms with Crippen LogP contribution in [0.5, 0.6) is 0 Å². The van der Waals surface area contributed by atoms with Gasteiger partial charge in [0.05, 0.1) is 38.6 Å². The molecule has 0 saturated carbocycles. The van der Waals surface area contributed by atoms with Crippen molar-refractivity contribution in [3.05, 3.63) is 24.3 Å². The summed E-state index contributed by atoms with van der Waals surface area (Å²) in [4.78, 5) is 13.3. The molecule has 530 valence electrons. The minimum atomic E-state index is -1.97. The first-order valence-corrected chi connectivity index (χ1v) is 36.6. The molecule has 1 amide bonds. The Morgan fingerprint density at radius 2 is 0.700 bits per heavy atom. The molecule has 12 N–H and O–H groups in total. The van der Waals surface area contributed by atoms with Crippen LogP contribution in [0.1, 0.15) is 290 Å². The predicted octanol–water partition coefficient (Wildman–Crippen LogP) is 10.2. The molecule has 3 saturated heterocycles. The third-order valence-corrected chi connectivity index (χ3v) is 18.5. The number of aliphatic hydroxyl groups excluding tert-OH is 11. The number of unbranched alkanes of at least 4 members (excludes halogenated alkanes) is 39. The lowest BCUT2D eigenvalue weighted by Gasteiger charge is -2.48. The Kier molecular flexibility index (Phi) is 49.0. The fourth-order valence-corrected chi connectivity index (χ4v) is 12.5. The molecule has 3 heterocycles. The standard InChI is InChI=1S/C71H133NO18/c1-3-5-7-9-11-12-13-14-15-16-17-18-19-20-21-22-23-24-25-26-27-28-29-30-31-32-33-34-35-36-37-38-39-40-41-42-43-45-47-49-59(77)72-54(55(76)48-46-44-10-8-6-4-2)53-85-69-65(83)62(80)67(57(51-74)87-69)90-71-66(84)63(81)68(58(52-75)88-71)89-70-64(82)61(79)60(78)56(50-73)86-70/h16-17,46,48,54-58,60-71,73-76,78-84H,3-15,18-45,47,49-53H2,1-2H3,(H,72,77)/b17-16-,48-46+. The smallest absolute Gasteiger partial charge is 0.220 e. The molecule has 19 heteroatoms. The predicted molar refractivity (Wildman–Crippen MR) is 351 cm³/mol. The summed E-state index contributed by atoms with van der Waals surface area (Å²) in [6.07, 6.45) is 35.7. The van der Waals surface area contributed by atoms with E-state index in [0.29, 0.717) is 6.42 Å². The summed E-state index contributed by atoms with van der Waals surface area (Å²) in [6.45, 7) is 1.65. The third kappa shape index (κ3) is 34.8. The van der Waals surface area contributed by atoms with Gasteiger partial charge in [-0.1, -0.05) is 263 Å². The number of carbonyl (C=O) groups is 1. The van der Waals surface area contributed by atoms with Crippen LogP contribution in [0.25, 0.3) is 0 Å². The van der Waals surface area contributed by atoms with Gasteiger partial charge in [0.1, 0.15) is 73.2 Å². The molecule has 0 radical (unpaired) electrons. The number of allylic oxidation sites excluding steroid dienone is 3. The molecule has 3 aliphatic rings. The molecule has 19 nitrogen and oxygen atoms in total. The highest BCUT2D eigenvalue weighted by atomic mass is 16.8. The third-order valence-electron chi connectivity index (χ3n) is 18.5. The largest absolute Gasteiger partial charge is 0.394 e. The number of rotatable bonds is 57. The molecule has 3 rings (SSSR count). The lowest BCUT2D eigenvalue weighted by molar-refractivity contribution is -0.379. The Morgan fingerprint density at radius 1 is 0.389 bits per heavy atom. The summed E-state index contributed by atoms with van der Waals surface area (Å²) in [5.41, 5.74) is 0. The van der Waals surface area contributed by atoms with Gasteiger partial charge in [-0.15, -0.1) is 0 Å². The number of nitrogens with one attached hydrogen (secondary N) is 1. The summed E-state index contributed by atoms with van der Waals surface area (Å²) in [5, 5.41) is 120. The highest BCUT2D eigenvalue weighted by Gasteiger charge is 2.53. The quantitative estimate of drug-likeness (QED) is 0.0199. The van der Waals surface area contributed by atoms with Crippen molar-refractivity contribution in [2.24, 2.45) is 0 Å². The Balaban J connectivity index is 1.22. The minimum absolute atomic E-state index is 0.247. The van der Waals surface area contributed by atoms with Crippen LogP contribution in [0.2, 0.25) is 0 Å². The maximum Gasteiger partial charge on any atom is 0.220 e. The summed E-state index contributed by atoms with van der Waals surface area (Å²) < 4.78 is 34.2. The SMILES string of the molecule is CCCCCC/C=C/C(O)C(COC1OC(CO)C(OC2OC(CO)C(OC3OC(CO)C(O)C(O)C3O)C(O)C2O)C(O)C1O)NC(=O)CCCCCCCCCCCCCCCCCCCCCCCCCCCCC/C=C\CCCCCCCCCC. The lowest BCUT2D eigenvalue weighted by atomic mass is 9.96. The molecule has 0 bridgehead atoms. The van der Waals surface area contributed by atoms with Gasteiger partial charge in [-0.2, -0.15) is 0 Å². The molecular weight excluding hydrogens is 1150 g/mol. The molecule has 3 fully saturated rings. The van der Waals surface area contributed by atoms with Gasteiger partial charge in [-0.3, -0.25) is 4.79 Å². The second-order valence-electron chi connectivity index (χ2n) is 26.4. The van der Waals surface area contributed by atoms with E-state index < -0.39 is 124 Å². The summed E-state index contributed by atoms with van der Waals surface area (Å²) in [5.74, 6) is -0.276. The van der Waals surface area contributed by atoms with Crippen molar-refractivity contribution < 1.29 is 89.4 Å². The fraction of sp³-hybridized carbons (Fsp3) is 0.930. The maximum atomic E-state index is 13.3. The molecule has 0 aromatic heterocycles. The average Bonchev–Trinajstić information content (AvgIpc) is 2.33. The first kappa shape index (κ1) is 82.5. The molecule has 90 heavy (non-hydrogen) atoms. The van der Waals surface area contributed by atoms with Crippen LogP contribution in [-0.2, 0) is 33.2 Å². The van der Waals surface area contributed by atoms with Gasteiger partial charge in [-0.05, 0) is 44.9 Å². The molecule has 17 atom stereocenters. The number of hydrogen-bond acceptors (Lipinski definition) is 18. The number of aliphatic hydroxyl groups is 11. The van der Waals surface area contributed by atoms with E-state index in [-0.39, 0.29) is 18.9 Å². The van der Waals surface area contributed by atoms with Gasteiger partial charge in [0, 0.05) is 6.42 Å². The maximum absolute atomic E-state index is 13.3. The monoisotopic (exact) mass is 1290 g/mol. The Bertz CT molecular complexity index is 1730. The van der Waals surface area contributed by atoms with Crippen LogP contribution >= 0.6 is 0 Å². The number of amides is 1.